The molecular formula is C26H26FNO5. The molecule has 3 aromatic carbocycles. The lowest BCUT2D eigenvalue weighted by atomic mass is 9.91. The maximum Gasteiger partial charge on any atom is 0.254 e. The maximum atomic E-state index is 13.4. The Kier molecular flexibility index (Phi) is 6.68. The molecule has 0 N–H and O–H groups in total. The normalized spacial score (nSPS) is 14.9. The molecule has 6 nitrogen and oxygen atoms in total. The molecule has 0 radical (unpaired) electrons. The number of amides is 1. The van der Waals surface area contributed by atoms with E-state index in [0.29, 0.717) is 35.8 Å². The summed E-state index contributed by atoms with van der Waals surface area (Å²) in [5, 5.41) is 0. The first-order chi connectivity index (χ1) is 16.0. The number of hydrogen-bond acceptors (Lipinski definition) is 5. The van der Waals surface area contributed by atoms with Crippen LogP contribution in [-0.2, 0) is 6.42 Å². The van der Waals surface area contributed by atoms with Crippen molar-refractivity contribution in [3.05, 3.63) is 83.2 Å². The van der Waals surface area contributed by atoms with Crippen molar-refractivity contribution in [1.82, 2.24) is 4.90 Å². The highest BCUT2D eigenvalue weighted by atomic mass is 19.1. The predicted molar refractivity (Wildman–Crippen MR) is 122 cm³/mol. The van der Waals surface area contributed by atoms with Crippen molar-refractivity contribution in [1.29, 1.82) is 0 Å². The third-order valence-electron chi connectivity index (χ3n) is 5.82. The van der Waals surface area contributed by atoms with Gasteiger partial charge in [-0.2, -0.15) is 0 Å². The first kappa shape index (κ1) is 22.5. The van der Waals surface area contributed by atoms with Crippen molar-refractivity contribution in [3.63, 3.8) is 0 Å². The van der Waals surface area contributed by atoms with E-state index >= 15 is 0 Å². The van der Waals surface area contributed by atoms with E-state index in [4.69, 9.17) is 18.9 Å². The number of ether oxygens (including phenoxy) is 4. The van der Waals surface area contributed by atoms with Crippen LogP contribution < -0.4 is 18.9 Å². The van der Waals surface area contributed by atoms with Crippen LogP contribution in [0.15, 0.2) is 60.7 Å². The summed E-state index contributed by atoms with van der Waals surface area (Å²) in [4.78, 5) is 15.1. The molecule has 1 atom stereocenters. The van der Waals surface area contributed by atoms with Crippen LogP contribution in [0.4, 0.5) is 4.39 Å². The Balaban J connectivity index is 1.68. The maximum absolute atomic E-state index is 13.4. The Morgan fingerprint density at radius 3 is 2.18 bits per heavy atom. The van der Waals surface area contributed by atoms with Crippen LogP contribution in [0.1, 0.15) is 27.5 Å². The van der Waals surface area contributed by atoms with E-state index in [1.165, 1.54) is 24.3 Å². The van der Waals surface area contributed by atoms with E-state index in [-0.39, 0.29) is 24.4 Å². The first-order valence-corrected chi connectivity index (χ1v) is 10.6. The molecule has 0 aliphatic carbocycles. The van der Waals surface area contributed by atoms with Crippen LogP contribution in [-0.4, -0.2) is 45.3 Å². The van der Waals surface area contributed by atoms with Crippen molar-refractivity contribution in [2.75, 3.05) is 34.5 Å². The van der Waals surface area contributed by atoms with Gasteiger partial charge in [-0.25, -0.2) is 4.39 Å². The van der Waals surface area contributed by atoms with Crippen molar-refractivity contribution in [2.45, 2.75) is 12.5 Å². The Bertz CT molecular complexity index is 1110. The number of benzene rings is 3. The lowest BCUT2D eigenvalue weighted by molar-refractivity contribution is 0.0589. The topological polar surface area (TPSA) is 57.2 Å². The third kappa shape index (κ3) is 4.72. The van der Waals surface area contributed by atoms with Crippen LogP contribution in [0, 0.1) is 5.82 Å². The summed E-state index contributed by atoms with van der Waals surface area (Å²) in [5.74, 6) is 2.06. The zero-order chi connectivity index (χ0) is 23.4. The Hall–Kier alpha value is -3.74. The molecule has 0 spiro atoms. The summed E-state index contributed by atoms with van der Waals surface area (Å²) in [6, 6.07) is 16.4. The molecule has 172 valence electrons. The number of hydrogen-bond donors (Lipinski definition) is 0. The average molecular weight is 451 g/mol. The number of halogens is 1. The van der Waals surface area contributed by atoms with E-state index in [2.05, 4.69) is 0 Å². The zero-order valence-electron chi connectivity index (χ0n) is 18.8. The van der Waals surface area contributed by atoms with E-state index in [1.54, 1.807) is 26.2 Å². The second kappa shape index (κ2) is 9.81. The van der Waals surface area contributed by atoms with Gasteiger partial charge in [0.15, 0.2) is 11.5 Å². The average Bonchev–Trinajstić information content (AvgIpc) is 2.86. The highest BCUT2D eigenvalue weighted by Crippen LogP contribution is 2.39. The van der Waals surface area contributed by atoms with Gasteiger partial charge < -0.3 is 23.8 Å². The van der Waals surface area contributed by atoms with Gasteiger partial charge in [0, 0.05) is 12.1 Å². The lowest BCUT2D eigenvalue weighted by Gasteiger charge is -2.37. The predicted octanol–water partition coefficient (Wildman–Crippen LogP) is 4.67. The van der Waals surface area contributed by atoms with Gasteiger partial charge in [-0.3, -0.25) is 4.79 Å². The highest BCUT2D eigenvalue weighted by Gasteiger charge is 2.33. The number of carbonyl (C=O) groups is 1. The van der Waals surface area contributed by atoms with Gasteiger partial charge in [0.05, 0.1) is 27.4 Å². The number of nitrogens with zero attached hydrogens (tertiary/aromatic N) is 1. The van der Waals surface area contributed by atoms with Crippen LogP contribution >= 0.6 is 0 Å². The fraction of sp³-hybridized carbons (Fsp3) is 0.269. The molecule has 1 aliphatic heterocycles. The van der Waals surface area contributed by atoms with E-state index < -0.39 is 0 Å². The molecule has 0 saturated heterocycles. The van der Waals surface area contributed by atoms with Gasteiger partial charge in [-0.1, -0.05) is 0 Å². The fourth-order valence-corrected chi connectivity index (χ4v) is 4.06. The van der Waals surface area contributed by atoms with Crippen LogP contribution in [0.5, 0.6) is 23.0 Å². The number of methoxy groups -OCH3 is 3. The Morgan fingerprint density at radius 1 is 0.909 bits per heavy atom. The monoisotopic (exact) mass is 451 g/mol. The standard InChI is InChI=1S/C26H26FNO5/c1-30-20-8-10-21(11-9-20)33-16-23-22-15-25(32-3)24(31-2)14-18(22)12-13-28(23)26(29)17-4-6-19(27)7-5-17/h4-11,14-15,23H,12-13,16H2,1-3H3. The Morgan fingerprint density at radius 2 is 1.55 bits per heavy atom. The minimum absolute atomic E-state index is 0.182. The van der Waals surface area contributed by atoms with Gasteiger partial charge in [0.1, 0.15) is 23.9 Å². The second-order valence-corrected chi connectivity index (χ2v) is 7.66. The van der Waals surface area contributed by atoms with Crippen LogP contribution in [0.3, 0.4) is 0 Å². The van der Waals surface area contributed by atoms with Crippen molar-refractivity contribution in [2.24, 2.45) is 0 Å². The first-order valence-electron chi connectivity index (χ1n) is 10.6. The molecule has 1 unspecified atom stereocenters. The lowest BCUT2D eigenvalue weighted by Crippen LogP contribution is -2.42. The zero-order valence-corrected chi connectivity index (χ0v) is 18.8. The molecule has 4 rings (SSSR count). The highest BCUT2D eigenvalue weighted by molar-refractivity contribution is 5.94. The molecule has 0 fully saturated rings. The second-order valence-electron chi connectivity index (χ2n) is 7.66. The van der Waals surface area contributed by atoms with Crippen molar-refractivity contribution >= 4 is 5.91 Å². The minimum Gasteiger partial charge on any atom is -0.497 e. The molecular weight excluding hydrogens is 425 g/mol. The summed E-state index contributed by atoms with van der Waals surface area (Å²) in [5.41, 5.74) is 2.43. The molecule has 0 saturated carbocycles. The van der Waals surface area contributed by atoms with Gasteiger partial charge in [0.25, 0.3) is 5.91 Å². The molecule has 1 heterocycles. The Labute approximate surface area is 192 Å². The van der Waals surface area contributed by atoms with Crippen LogP contribution in [0.25, 0.3) is 0 Å². The summed E-state index contributed by atoms with van der Waals surface area (Å²) >= 11 is 0. The third-order valence-corrected chi connectivity index (χ3v) is 5.82. The summed E-state index contributed by atoms with van der Waals surface area (Å²) in [6.07, 6.45) is 0.654. The van der Waals surface area contributed by atoms with E-state index in [0.717, 1.165) is 16.9 Å². The fourth-order valence-electron chi connectivity index (χ4n) is 4.06. The molecule has 1 aliphatic rings. The van der Waals surface area contributed by atoms with E-state index in [1.807, 2.05) is 36.4 Å². The van der Waals surface area contributed by atoms with Crippen molar-refractivity contribution < 1.29 is 28.1 Å². The van der Waals surface area contributed by atoms with Crippen LogP contribution in [0.2, 0.25) is 0 Å². The molecule has 1 amide bonds. The minimum atomic E-state index is -0.383. The SMILES string of the molecule is COc1ccc(OCC2c3cc(OC)c(OC)cc3CCN2C(=O)c2ccc(F)cc2)cc1. The molecule has 7 heteroatoms. The summed E-state index contributed by atoms with van der Waals surface area (Å²) < 4.78 is 35.7. The van der Waals surface area contributed by atoms with Gasteiger partial charge in [0.2, 0.25) is 0 Å². The van der Waals surface area contributed by atoms with Gasteiger partial charge >= 0.3 is 0 Å². The molecule has 0 aromatic heterocycles. The smallest absolute Gasteiger partial charge is 0.254 e. The largest absolute Gasteiger partial charge is 0.497 e. The number of fused-ring (bicyclic) bond motifs is 1. The van der Waals surface area contributed by atoms with E-state index in [9.17, 15) is 9.18 Å². The quantitative estimate of drug-likeness (QED) is 0.523. The molecule has 3 aromatic rings. The summed E-state index contributed by atoms with van der Waals surface area (Å²) in [7, 11) is 4.79. The van der Waals surface area contributed by atoms with Gasteiger partial charge in [-0.15, -0.1) is 0 Å². The summed E-state index contributed by atoms with van der Waals surface area (Å²) in [6.45, 7) is 0.733. The van der Waals surface area contributed by atoms with Crippen molar-refractivity contribution in [3.8, 4) is 23.0 Å². The van der Waals surface area contributed by atoms with Gasteiger partial charge in [-0.05, 0) is 78.2 Å². The number of rotatable bonds is 7. The molecule has 0 bridgehead atoms. The molecule has 33 heavy (non-hydrogen) atoms. The number of carbonyl (C=O) groups excluding carboxylic acids is 1.